The average Bonchev–Trinajstić information content (AvgIpc) is 3.18. The summed E-state index contributed by atoms with van der Waals surface area (Å²) in [7, 11) is 6.06. The molecule has 0 spiro atoms. The predicted octanol–water partition coefficient (Wildman–Crippen LogP) is 3.62. The van der Waals surface area contributed by atoms with Gasteiger partial charge in [-0.3, -0.25) is 4.79 Å². The topological polar surface area (TPSA) is 92.0 Å². The van der Waals surface area contributed by atoms with Crippen molar-refractivity contribution in [1.29, 1.82) is 0 Å². The molecule has 0 unspecified atom stereocenters. The second kappa shape index (κ2) is 8.14. The molecule has 1 heterocycles. The number of phenols is 1. The fraction of sp³-hybridized carbons (Fsp3) is 0.238. The Hall–Kier alpha value is -3.68. The smallest absolute Gasteiger partial charge is 0.244 e. The summed E-state index contributed by atoms with van der Waals surface area (Å²) >= 11 is 0. The number of ether oxygens (including phenoxy) is 4. The molecule has 0 bridgehead atoms. The first-order chi connectivity index (χ1) is 13.9. The highest BCUT2D eigenvalue weighted by Crippen LogP contribution is 2.44. The van der Waals surface area contributed by atoms with E-state index >= 15 is 0 Å². The summed E-state index contributed by atoms with van der Waals surface area (Å²) < 4.78 is 22.6. The molecular formula is C21H22N2O6. The normalized spacial score (nSPS) is 10.5. The maximum Gasteiger partial charge on any atom is 0.244 e. The Morgan fingerprint density at radius 1 is 0.897 bits per heavy atom. The molecule has 0 amide bonds. The molecule has 0 aliphatic carbocycles. The van der Waals surface area contributed by atoms with Crippen molar-refractivity contribution in [2.24, 2.45) is 0 Å². The maximum atomic E-state index is 12.2. The summed E-state index contributed by atoms with van der Waals surface area (Å²) in [6.45, 7) is 1.42. The van der Waals surface area contributed by atoms with Gasteiger partial charge in [0.25, 0.3) is 0 Å². The van der Waals surface area contributed by atoms with Crippen LogP contribution in [0.4, 0.5) is 0 Å². The zero-order valence-electron chi connectivity index (χ0n) is 16.8. The zero-order chi connectivity index (χ0) is 21.1. The molecule has 0 radical (unpaired) electrons. The summed E-state index contributed by atoms with van der Waals surface area (Å²) in [5.41, 5.74) is 2.48. The minimum absolute atomic E-state index is 0.0443. The van der Waals surface area contributed by atoms with Gasteiger partial charge in [-0.2, -0.15) is 9.78 Å². The van der Waals surface area contributed by atoms with Crippen LogP contribution in [0.1, 0.15) is 11.7 Å². The van der Waals surface area contributed by atoms with Crippen molar-refractivity contribution in [2.75, 3.05) is 28.4 Å². The number of aromatic nitrogens is 2. The van der Waals surface area contributed by atoms with Gasteiger partial charge in [0, 0.05) is 18.1 Å². The van der Waals surface area contributed by atoms with Gasteiger partial charge in [-0.15, -0.1) is 0 Å². The Morgan fingerprint density at radius 2 is 1.52 bits per heavy atom. The molecule has 0 atom stereocenters. The second-order valence-corrected chi connectivity index (χ2v) is 6.14. The number of benzene rings is 2. The molecule has 1 N–H and O–H groups in total. The van der Waals surface area contributed by atoms with E-state index in [2.05, 4.69) is 5.10 Å². The van der Waals surface area contributed by atoms with Crippen LogP contribution in [-0.4, -0.2) is 49.2 Å². The molecule has 8 heteroatoms. The third kappa shape index (κ3) is 3.56. The third-order valence-electron chi connectivity index (χ3n) is 4.50. The Bertz CT molecular complexity index is 1030. The summed E-state index contributed by atoms with van der Waals surface area (Å²) in [5, 5.41) is 14.5. The van der Waals surface area contributed by atoms with Crippen LogP contribution in [0.5, 0.6) is 28.7 Å². The number of nitrogens with zero attached hydrogens (tertiary/aromatic N) is 2. The van der Waals surface area contributed by atoms with E-state index in [1.165, 1.54) is 46.1 Å². The lowest BCUT2D eigenvalue weighted by Gasteiger charge is -2.15. The molecule has 0 saturated heterocycles. The molecular weight excluding hydrogens is 376 g/mol. The van der Waals surface area contributed by atoms with E-state index < -0.39 is 0 Å². The number of carbonyl (C=O) groups excluding carboxylic acids is 1. The van der Waals surface area contributed by atoms with Gasteiger partial charge >= 0.3 is 0 Å². The van der Waals surface area contributed by atoms with E-state index in [9.17, 15) is 9.90 Å². The maximum absolute atomic E-state index is 12.2. The molecule has 1 aromatic heterocycles. The molecule has 0 aliphatic rings. The Kier molecular flexibility index (Phi) is 5.63. The third-order valence-corrected chi connectivity index (χ3v) is 4.50. The first-order valence-corrected chi connectivity index (χ1v) is 8.71. The Labute approximate surface area is 168 Å². The highest BCUT2D eigenvalue weighted by atomic mass is 16.5. The highest BCUT2D eigenvalue weighted by molar-refractivity contribution is 5.90. The van der Waals surface area contributed by atoms with Gasteiger partial charge in [0.1, 0.15) is 0 Å². The van der Waals surface area contributed by atoms with Crippen molar-refractivity contribution < 1.29 is 28.8 Å². The van der Waals surface area contributed by atoms with Gasteiger partial charge < -0.3 is 24.1 Å². The summed E-state index contributed by atoms with van der Waals surface area (Å²) in [6.07, 6.45) is 1.58. The van der Waals surface area contributed by atoms with Crippen molar-refractivity contribution >= 4 is 5.91 Å². The van der Waals surface area contributed by atoms with Crippen LogP contribution in [0.3, 0.4) is 0 Å². The van der Waals surface area contributed by atoms with Crippen LogP contribution in [0.2, 0.25) is 0 Å². The van der Waals surface area contributed by atoms with E-state index in [1.54, 1.807) is 30.5 Å². The number of aromatic hydroxyl groups is 1. The predicted molar refractivity (Wildman–Crippen MR) is 107 cm³/mol. The van der Waals surface area contributed by atoms with E-state index in [0.29, 0.717) is 45.4 Å². The summed E-state index contributed by atoms with van der Waals surface area (Å²) in [5.74, 6) is 1.42. The quantitative estimate of drug-likeness (QED) is 0.678. The molecule has 0 saturated carbocycles. The van der Waals surface area contributed by atoms with E-state index in [0.717, 1.165) is 0 Å². The van der Waals surface area contributed by atoms with Crippen LogP contribution in [-0.2, 0) is 0 Å². The average molecular weight is 398 g/mol. The van der Waals surface area contributed by atoms with E-state index in [1.807, 2.05) is 0 Å². The summed E-state index contributed by atoms with van der Waals surface area (Å²) in [6, 6.07) is 8.44. The number of hydrogen-bond donors (Lipinski definition) is 1. The molecule has 0 aliphatic heterocycles. The lowest BCUT2D eigenvalue weighted by Crippen LogP contribution is -2.09. The molecule has 29 heavy (non-hydrogen) atoms. The molecule has 152 valence electrons. The van der Waals surface area contributed by atoms with Crippen molar-refractivity contribution in [3.8, 4) is 51.1 Å². The first kappa shape index (κ1) is 20.1. The lowest BCUT2D eigenvalue weighted by atomic mass is 10.00. The lowest BCUT2D eigenvalue weighted by molar-refractivity contribution is 0.0923. The fourth-order valence-corrected chi connectivity index (χ4v) is 3.15. The minimum Gasteiger partial charge on any atom is -0.504 e. The van der Waals surface area contributed by atoms with Crippen molar-refractivity contribution in [2.45, 2.75) is 6.92 Å². The molecule has 3 aromatic rings. The molecule has 8 nitrogen and oxygen atoms in total. The Balaban J connectivity index is 2.27. The number of methoxy groups -OCH3 is 4. The Morgan fingerprint density at radius 3 is 2.00 bits per heavy atom. The van der Waals surface area contributed by atoms with Gasteiger partial charge in [-0.25, -0.2) is 0 Å². The molecule has 3 rings (SSSR count). The zero-order valence-corrected chi connectivity index (χ0v) is 16.8. The first-order valence-electron chi connectivity index (χ1n) is 8.71. The van der Waals surface area contributed by atoms with E-state index in [-0.39, 0.29) is 11.7 Å². The number of hydrogen-bond acceptors (Lipinski definition) is 7. The van der Waals surface area contributed by atoms with Crippen LogP contribution in [0, 0.1) is 0 Å². The van der Waals surface area contributed by atoms with Gasteiger partial charge in [0.05, 0.1) is 40.3 Å². The number of carbonyl (C=O) groups is 1. The van der Waals surface area contributed by atoms with Gasteiger partial charge in [-0.1, -0.05) is 0 Å². The van der Waals surface area contributed by atoms with Gasteiger partial charge in [0.2, 0.25) is 11.7 Å². The SMILES string of the molecule is COc1ccc(-c2c(-c3cc(OC)c(OC)c(OC)c3)cnn2C(C)=O)cc1O. The molecule has 2 aromatic carbocycles. The highest BCUT2D eigenvalue weighted by Gasteiger charge is 2.21. The van der Waals surface area contributed by atoms with Gasteiger partial charge in [0.15, 0.2) is 23.0 Å². The van der Waals surface area contributed by atoms with E-state index in [4.69, 9.17) is 18.9 Å². The van der Waals surface area contributed by atoms with Crippen molar-refractivity contribution in [1.82, 2.24) is 9.78 Å². The van der Waals surface area contributed by atoms with Crippen LogP contribution in [0.15, 0.2) is 36.5 Å². The monoisotopic (exact) mass is 398 g/mol. The van der Waals surface area contributed by atoms with Crippen LogP contribution < -0.4 is 18.9 Å². The van der Waals surface area contributed by atoms with Gasteiger partial charge in [-0.05, 0) is 35.9 Å². The number of rotatable bonds is 6. The minimum atomic E-state index is -0.269. The molecule has 0 fully saturated rings. The summed E-state index contributed by atoms with van der Waals surface area (Å²) in [4.78, 5) is 12.2. The van der Waals surface area contributed by atoms with Crippen molar-refractivity contribution in [3.05, 3.63) is 36.5 Å². The standard InChI is InChI=1S/C21H22N2O6/c1-12(24)23-20(13-6-7-17(26-2)16(25)8-13)15(11-22-23)14-9-18(27-3)21(29-5)19(10-14)28-4/h6-11,25H,1-5H3. The van der Waals surface area contributed by atoms with Crippen LogP contribution >= 0.6 is 0 Å². The van der Waals surface area contributed by atoms with Crippen LogP contribution in [0.25, 0.3) is 22.4 Å². The second-order valence-electron chi connectivity index (χ2n) is 6.14. The largest absolute Gasteiger partial charge is 0.504 e. The van der Waals surface area contributed by atoms with Crippen molar-refractivity contribution in [3.63, 3.8) is 0 Å². The number of phenolic OH excluding ortho intramolecular Hbond substituents is 1. The fourth-order valence-electron chi connectivity index (χ4n) is 3.15.